The van der Waals surface area contributed by atoms with Crippen molar-refractivity contribution in [1.82, 2.24) is 0 Å². The van der Waals surface area contributed by atoms with Crippen molar-refractivity contribution in [2.24, 2.45) is 0 Å². The molecule has 188 valence electrons. The Kier molecular flexibility index (Phi) is 7.97. The van der Waals surface area contributed by atoms with Crippen LogP contribution in [0.25, 0.3) is 0 Å². The van der Waals surface area contributed by atoms with Crippen LogP contribution < -0.4 is 10.8 Å². The summed E-state index contributed by atoms with van der Waals surface area (Å²) in [4.78, 5) is 24.9. The molecule has 1 amide bonds. The van der Waals surface area contributed by atoms with Gasteiger partial charge in [0.25, 0.3) is 0 Å². The van der Waals surface area contributed by atoms with E-state index in [0.717, 1.165) is 16.6 Å². The normalized spacial score (nSPS) is 16.6. The van der Waals surface area contributed by atoms with E-state index in [1.165, 1.54) is 0 Å². The molecule has 0 spiro atoms. The van der Waals surface area contributed by atoms with Crippen molar-refractivity contribution in [3.8, 4) is 0 Å². The van der Waals surface area contributed by atoms with Gasteiger partial charge < -0.3 is 18.8 Å². The van der Waals surface area contributed by atoms with Crippen molar-refractivity contribution in [2.75, 3.05) is 5.32 Å². The monoisotopic (exact) mass is 481 g/mol. The third-order valence-corrected chi connectivity index (χ3v) is 6.13. The molecular weight excluding hydrogens is 445 g/mol. The summed E-state index contributed by atoms with van der Waals surface area (Å²) < 4.78 is 23.2. The summed E-state index contributed by atoms with van der Waals surface area (Å²) in [6.07, 6.45) is -0.00769. The number of anilines is 1. The third kappa shape index (κ3) is 7.32. The van der Waals surface area contributed by atoms with Gasteiger partial charge in [0.05, 0.1) is 11.2 Å². The molecule has 2 aromatic carbocycles. The van der Waals surface area contributed by atoms with Gasteiger partial charge in [0.15, 0.2) is 0 Å². The number of ether oxygens (including phenoxy) is 2. The third-order valence-electron chi connectivity index (χ3n) is 6.13. The maximum absolute atomic E-state index is 12.6. The number of hydrogen-bond acceptors (Lipinski definition) is 6. The van der Waals surface area contributed by atoms with Crippen LogP contribution in [0.4, 0.5) is 10.5 Å². The number of benzene rings is 2. The topological polar surface area (TPSA) is 83.1 Å². The van der Waals surface area contributed by atoms with Gasteiger partial charge in [-0.25, -0.2) is 4.79 Å². The van der Waals surface area contributed by atoms with Gasteiger partial charge in [0.2, 0.25) is 0 Å². The minimum atomic E-state index is -0.585. The Morgan fingerprint density at radius 2 is 1.60 bits per heavy atom. The largest absolute Gasteiger partial charge is 0.494 e. The lowest BCUT2D eigenvalue weighted by atomic mass is 9.78. The van der Waals surface area contributed by atoms with Crippen LogP contribution in [0.3, 0.4) is 0 Å². The van der Waals surface area contributed by atoms with E-state index in [1.807, 2.05) is 97.0 Å². The molecule has 1 heterocycles. The highest BCUT2D eigenvalue weighted by Crippen LogP contribution is 2.36. The van der Waals surface area contributed by atoms with Gasteiger partial charge in [0, 0.05) is 12.1 Å². The van der Waals surface area contributed by atoms with Gasteiger partial charge in [-0.05, 0) is 77.5 Å². The molecule has 1 fully saturated rings. The average Bonchev–Trinajstić information content (AvgIpc) is 2.98. The van der Waals surface area contributed by atoms with Crippen LogP contribution >= 0.6 is 0 Å². The second kappa shape index (κ2) is 10.4. The second-order valence-corrected chi connectivity index (χ2v) is 10.8. The Labute approximate surface area is 208 Å². The zero-order chi connectivity index (χ0) is 25.9. The number of carbonyl (C=O) groups excluding carboxylic acids is 2. The second-order valence-electron chi connectivity index (χ2n) is 10.8. The van der Waals surface area contributed by atoms with E-state index in [2.05, 4.69) is 5.32 Å². The van der Waals surface area contributed by atoms with Crippen LogP contribution in [-0.2, 0) is 36.6 Å². The highest BCUT2D eigenvalue weighted by molar-refractivity contribution is 6.62. The van der Waals surface area contributed by atoms with Gasteiger partial charge >= 0.3 is 19.2 Å². The first-order valence-electron chi connectivity index (χ1n) is 11.9. The lowest BCUT2D eigenvalue weighted by Crippen LogP contribution is -2.41. The van der Waals surface area contributed by atoms with Crippen LogP contribution in [-0.4, -0.2) is 36.0 Å². The van der Waals surface area contributed by atoms with Gasteiger partial charge in [-0.15, -0.1) is 0 Å². The van der Waals surface area contributed by atoms with E-state index in [0.29, 0.717) is 12.1 Å². The minimum absolute atomic E-state index is 0.150. The van der Waals surface area contributed by atoms with E-state index in [-0.39, 0.29) is 19.0 Å². The Hall–Kier alpha value is -2.84. The Bertz CT molecular complexity index is 1030. The van der Waals surface area contributed by atoms with Gasteiger partial charge in [-0.1, -0.05) is 42.5 Å². The highest BCUT2D eigenvalue weighted by atomic mass is 16.7. The summed E-state index contributed by atoms with van der Waals surface area (Å²) in [6, 6.07) is 15.0. The molecule has 0 radical (unpaired) electrons. The molecule has 0 saturated carbocycles. The van der Waals surface area contributed by atoms with Crippen LogP contribution in [0.1, 0.15) is 66.0 Å². The molecule has 7 nitrogen and oxygen atoms in total. The first-order valence-corrected chi connectivity index (χ1v) is 11.9. The number of amides is 1. The Morgan fingerprint density at radius 3 is 2.20 bits per heavy atom. The van der Waals surface area contributed by atoms with Crippen molar-refractivity contribution in [3.05, 3.63) is 59.7 Å². The Balaban J connectivity index is 1.77. The maximum Gasteiger partial charge on any atom is 0.494 e. The van der Waals surface area contributed by atoms with Crippen molar-refractivity contribution >= 4 is 30.3 Å². The van der Waals surface area contributed by atoms with Crippen molar-refractivity contribution in [3.63, 3.8) is 0 Å². The molecule has 1 N–H and O–H groups in total. The van der Waals surface area contributed by atoms with Gasteiger partial charge in [-0.2, -0.15) is 0 Å². The summed E-state index contributed by atoms with van der Waals surface area (Å²) in [5.41, 5.74) is 1.44. The molecule has 1 aliphatic rings. The number of nitrogens with one attached hydrogen (secondary N) is 1. The molecule has 1 saturated heterocycles. The molecule has 0 aliphatic carbocycles. The molecule has 0 unspecified atom stereocenters. The minimum Gasteiger partial charge on any atom is -0.460 e. The van der Waals surface area contributed by atoms with Crippen LogP contribution in [0.15, 0.2) is 48.5 Å². The van der Waals surface area contributed by atoms with E-state index in [4.69, 9.17) is 18.8 Å². The molecule has 3 rings (SSSR count). The van der Waals surface area contributed by atoms with E-state index < -0.39 is 30.0 Å². The molecule has 0 atom stereocenters. The Morgan fingerprint density at radius 1 is 0.971 bits per heavy atom. The molecule has 35 heavy (non-hydrogen) atoms. The molecule has 8 heteroatoms. The van der Waals surface area contributed by atoms with Crippen molar-refractivity contribution in [1.29, 1.82) is 0 Å². The zero-order valence-electron chi connectivity index (χ0n) is 21.8. The predicted molar refractivity (Wildman–Crippen MR) is 137 cm³/mol. The fourth-order valence-corrected chi connectivity index (χ4v) is 3.55. The standard InChI is InChI=1S/C27H36BNO6/c1-25(2,3)33-23(30)16-14-20-13-15-21(28-34-26(4,5)27(6,7)35-28)17-22(20)29-24(31)32-18-19-11-9-8-10-12-19/h8-13,15,17H,14,16,18H2,1-7H3,(H,29,31). The smallest absolute Gasteiger partial charge is 0.460 e. The molecule has 2 aromatic rings. The molecule has 0 bridgehead atoms. The predicted octanol–water partition coefficient (Wildman–Crippen LogP) is 5.01. The average molecular weight is 481 g/mol. The van der Waals surface area contributed by atoms with Gasteiger partial charge in [0.1, 0.15) is 12.2 Å². The molecular formula is C27H36BNO6. The molecule has 1 aliphatic heterocycles. The fraction of sp³-hybridized carbons (Fsp3) is 0.481. The quantitative estimate of drug-likeness (QED) is 0.442. The number of rotatable bonds is 7. The first-order chi connectivity index (χ1) is 16.3. The number of aryl methyl sites for hydroxylation is 1. The lowest BCUT2D eigenvalue weighted by molar-refractivity contribution is -0.154. The summed E-state index contributed by atoms with van der Waals surface area (Å²) in [5, 5.41) is 2.83. The molecule has 0 aromatic heterocycles. The SMILES string of the molecule is CC(C)(C)OC(=O)CCc1ccc(B2OC(C)(C)C(C)(C)O2)cc1NC(=O)OCc1ccccc1. The summed E-state index contributed by atoms with van der Waals surface area (Å²) in [5.74, 6) is -0.301. The summed E-state index contributed by atoms with van der Waals surface area (Å²) in [7, 11) is -0.583. The fourth-order valence-electron chi connectivity index (χ4n) is 3.55. The van der Waals surface area contributed by atoms with Crippen molar-refractivity contribution < 1.29 is 28.4 Å². The first kappa shape index (κ1) is 26.8. The number of carbonyl (C=O) groups is 2. The number of esters is 1. The van der Waals surface area contributed by atoms with Crippen LogP contribution in [0.2, 0.25) is 0 Å². The maximum atomic E-state index is 12.6. The number of hydrogen-bond donors (Lipinski definition) is 1. The lowest BCUT2D eigenvalue weighted by Gasteiger charge is -2.32. The van der Waals surface area contributed by atoms with E-state index in [9.17, 15) is 9.59 Å². The summed E-state index contributed by atoms with van der Waals surface area (Å²) >= 11 is 0. The van der Waals surface area contributed by atoms with Crippen LogP contribution in [0.5, 0.6) is 0 Å². The van der Waals surface area contributed by atoms with Crippen LogP contribution in [0, 0.1) is 0 Å². The highest BCUT2D eigenvalue weighted by Gasteiger charge is 2.51. The van der Waals surface area contributed by atoms with Gasteiger partial charge in [-0.3, -0.25) is 10.1 Å². The van der Waals surface area contributed by atoms with E-state index >= 15 is 0 Å². The summed E-state index contributed by atoms with van der Waals surface area (Å²) in [6.45, 7) is 13.6. The van der Waals surface area contributed by atoms with Crippen molar-refractivity contribution in [2.45, 2.75) is 84.7 Å². The van der Waals surface area contributed by atoms with E-state index in [1.54, 1.807) is 0 Å². The zero-order valence-corrected chi connectivity index (χ0v) is 21.8.